The van der Waals surface area contributed by atoms with Crippen LogP contribution in [0, 0.1) is 16.7 Å². The van der Waals surface area contributed by atoms with E-state index >= 15 is 0 Å². The van der Waals surface area contributed by atoms with Crippen LogP contribution in [0.4, 0.5) is 0 Å². The van der Waals surface area contributed by atoms with Crippen molar-refractivity contribution in [2.75, 3.05) is 13.2 Å². The normalized spacial score (nSPS) is 17.2. The molecule has 1 aromatic carbocycles. The summed E-state index contributed by atoms with van der Waals surface area (Å²) in [4.78, 5) is 0. The number of benzene rings is 1. The molecule has 3 heteroatoms. The van der Waals surface area contributed by atoms with Gasteiger partial charge in [0, 0.05) is 12.6 Å². The summed E-state index contributed by atoms with van der Waals surface area (Å²) in [6.45, 7) is 5.69. The van der Waals surface area contributed by atoms with Crippen molar-refractivity contribution in [3.8, 4) is 11.8 Å². The molecule has 1 unspecified atom stereocenters. The lowest BCUT2D eigenvalue weighted by Gasteiger charge is -2.20. The molecular formula is C17H24N2O. The summed E-state index contributed by atoms with van der Waals surface area (Å²) in [6.07, 6.45) is 5.37. The van der Waals surface area contributed by atoms with Crippen LogP contribution in [0.15, 0.2) is 24.3 Å². The zero-order valence-corrected chi connectivity index (χ0v) is 12.5. The van der Waals surface area contributed by atoms with Gasteiger partial charge < -0.3 is 10.1 Å². The van der Waals surface area contributed by atoms with Crippen LogP contribution in [0.25, 0.3) is 0 Å². The second-order valence-electron chi connectivity index (χ2n) is 5.87. The largest absolute Gasteiger partial charge is 0.479 e. The van der Waals surface area contributed by atoms with Gasteiger partial charge in [0.05, 0.1) is 0 Å². The Bertz CT molecular complexity index is 457. The van der Waals surface area contributed by atoms with Crippen LogP contribution in [-0.4, -0.2) is 13.2 Å². The molecule has 1 saturated carbocycles. The van der Waals surface area contributed by atoms with Crippen molar-refractivity contribution in [3.63, 3.8) is 0 Å². The van der Waals surface area contributed by atoms with E-state index < -0.39 is 0 Å². The molecule has 108 valence electrons. The standard InChI is InChI=1S/C17H24N2O/c1-3-8-17(9-10-17)13-19-14(2)15-4-6-16(7-5-15)20-12-11-18/h4-7,14,19H,3,8-10,12-13H2,1-2H3. The number of nitriles is 1. The minimum absolute atomic E-state index is 0.104. The molecule has 1 aliphatic rings. The molecule has 1 fully saturated rings. The van der Waals surface area contributed by atoms with Gasteiger partial charge in [-0.3, -0.25) is 0 Å². The monoisotopic (exact) mass is 272 g/mol. The molecule has 20 heavy (non-hydrogen) atoms. The van der Waals surface area contributed by atoms with Gasteiger partial charge in [0.25, 0.3) is 0 Å². The first-order valence-electron chi connectivity index (χ1n) is 7.52. The predicted octanol–water partition coefficient (Wildman–Crippen LogP) is 3.82. The molecule has 0 aromatic heterocycles. The Labute approximate surface area is 121 Å². The fraction of sp³-hybridized carbons (Fsp3) is 0.588. The Hall–Kier alpha value is -1.53. The van der Waals surface area contributed by atoms with Crippen molar-refractivity contribution < 1.29 is 4.74 Å². The molecule has 1 aliphatic carbocycles. The smallest absolute Gasteiger partial charge is 0.174 e. The Morgan fingerprint density at radius 1 is 1.35 bits per heavy atom. The van der Waals surface area contributed by atoms with E-state index in [1.54, 1.807) is 0 Å². The molecule has 1 N–H and O–H groups in total. The second kappa shape index (κ2) is 6.76. The van der Waals surface area contributed by atoms with Gasteiger partial charge in [-0.15, -0.1) is 0 Å². The van der Waals surface area contributed by atoms with Crippen LogP contribution < -0.4 is 10.1 Å². The number of hydrogen-bond acceptors (Lipinski definition) is 3. The third-order valence-electron chi connectivity index (χ3n) is 4.20. The zero-order valence-electron chi connectivity index (χ0n) is 12.5. The van der Waals surface area contributed by atoms with Crippen LogP contribution in [0.2, 0.25) is 0 Å². The molecule has 0 heterocycles. The summed E-state index contributed by atoms with van der Waals surface area (Å²) in [5, 5.41) is 12.1. The van der Waals surface area contributed by atoms with Crippen LogP contribution in [0.1, 0.15) is 51.1 Å². The first-order chi connectivity index (χ1) is 9.69. The van der Waals surface area contributed by atoms with E-state index in [2.05, 4.69) is 31.3 Å². The molecule has 0 spiro atoms. The van der Waals surface area contributed by atoms with E-state index in [9.17, 15) is 0 Å². The number of rotatable bonds is 8. The number of ether oxygens (including phenoxy) is 1. The van der Waals surface area contributed by atoms with Crippen molar-refractivity contribution in [3.05, 3.63) is 29.8 Å². The predicted molar refractivity (Wildman–Crippen MR) is 80.5 cm³/mol. The molecule has 0 aliphatic heterocycles. The van der Waals surface area contributed by atoms with Crippen molar-refractivity contribution in [2.24, 2.45) is 5.41 Å². The van der Waals surface area contributed by atoms with E-state index in [1.165, 1.54) is 31.2 Å². The Morgan fingerprint density at radius 3 is 2.60 bits per heavy atom. The van der Waals surface area contributed by atoms with Gasteiger partial charge in [0.2, 0.25) is 0 Å². The highest BCUT2D eigenvalue weighted by Crippen LogP contribution is 2.49. The number of nitrogens with zero attached hydrogens (tertiary/aromatic N) is 1. The molecular weight excluding hydrogens is 248 g/mol. The summed E-state index contributed by atoms with van der Waals surface area (Å²) in [5.41, 5.74) is 1.85. The lowest BCUT2D eigenvalue weighted by molar-refractivity contribution is 0.367. The maximum absolute atomic E-state index is 8.48. The fourth-order valence-electron chi connectivity index (χ4n) is 2.68. The Kier molecular flexibility index (Phi) is 5.03. The SMILES string of the molecule is CCCC1(CNC(C)c2ccc(OCC#N)cc2)CC1. The fourth-order valence-corrected chi connectivity index (χ4v) is 2.68. The minimum atomic E-state index is 0.104. The van der Waals surface area contributed by atoms with Gasteiger partial charge in [-0.2, -0.15) is 5.26 Å². The van der Waals surface area contributed by atoms with E-state index in [1.807, 2.05) is 18.2 Å². The topological polar surface area (TPSA) is 45.0 Å². The van der Waals surface area contributed by atoms with Gasteiger partial charge in [0.1, 0.15) is 11.8 Å². The molecule has 0 amide bonds. The maximum Gasteiger partial charge on any atom is 0.174 e. The molecule has 1 atom stereocenters. The average molecular weight is 272 g/mol. The summed E-state index contributed by atoms with van der Waals surface area (Å²) in [5.74, 6) is 0.757. The van der Waals surface area contributed by atoms with Gasteiger partial charge in [0.15, 0.2) is 6.61 Å². The van der Waals surface area contributed by atoms with E-state index in [0.29, 0.717) is 11.5 Å². The van der Waals surface area contributed by atoms with Crippen LogP contribution in [0.5, 0.6) is 5.75 Å². The molecule has 3 nitrogen and oxygen atoms in total. The summed E-state index contributed by atoms with van der Waals surface area (Å²) >= 11 is 0. The number of nitrogens with one attached hydrogen (secondary N) is 1. The van der Waals surface area contributed by atoms with Crippen LogP contribution in [-0.2, 0) is 0 Å². The highest BCUT2D eigenvalue weighted by molar-refractivity contribution is 5.29. The maximum atomic E-state index is 8.48. The quantitative estimate of drug-likeness (QED) is 0.782. The Morgan fingerprint density at radius 2 is 2.05 bits per heavy atom. The third kappa shape index (κ3) is 3.98. The molecule has 0 bridgehead atoms. The van der Waals surface area contributed by atoms with Crippen LogP contribution >= 0.6 is 0 Å². The highest BCUT2D eigenvalue weighted by atomic mass is 16.5. The molecule has 0 saturated heterocycles. The summed E-state index contributed by atoms with van der Waals surface area (Å²) in [6, 6.07) is 10.3. The first kappa shape index (κ1) is 14.9. The van der Waals surface area contributed by atoms with Gasteiger partial charge in [-0.1, -0.05) is 25.5 Å². The van der Waals surface area contributed by atoms with E-state index in [-0.39, 0.29) is 6.61 Å². The lowest BCUT2D eigenvalue weighted by Crippen LogP contribution is -2.26. The minimum Gasteiger partial charge on any atom is -0.479 e. The highest BCUT2D eigenvalue weighted by Gasteiger charge is 2.41. The van der Waals surface area contributed by atoms with Crippen LogP contribution in [0.3, 0.4) is 0 Å². The number of hydrogen-bond donors (Lipinski definition) is 1. The third-order valence-corrected chi connectivity index (χ3v) is 4.20. The van der Waals surface area contributed by atoms with Gasteiger partial charge in [-0.25, -0.2) is 0 Å². The van der Waals surface area contributed by atoms with E-state index in [0.717, 1.165) is 12.3 Å². The zero-order chi connectivity index (χ0) is 14.4. The van der Waals surface area contributed by atoms with Crippen molar-refractivity contribution in [1.29, 1.82) is 5.26 Å². The molecule has 1 aromatic rings. The van der Waals surface area contributed by atoms with Crippen molar-refractivity contribution >= 4 is 0 Å². The summed E-state index contributed by atoms with van der Waals surface area (Å²) in [7, 11) is 0. The molecule has 0 radical (unpaired) electrons. The second-order valence-corrected chi connectivity index (χ2v) is 5.87. The van der Waals surface area contributed by atoms with Gasteiger partial charge >= 0.3 is 0 Å². The van der Waals surface area contributed by atoms with Gasteiger partial charge in [-0.05, 0) is 49.3 Å². The Balaban J connectivity index is 1.83. The average Bonchev–Trinajstić information content (AvgIpc) is 3.24. The summed E-state index contributed by atoms with van der Waals surface area (Å²) < 4.78 is 5.26. The van der Waals surface area contributed by atoms with E-state index in [4.69, 9.17) is 10.00 Å². The van der Waals surface area contributed by atoms with Crippen molar-refractivity contribution in [2.45, 2.75) is 45.6 Å². The lowest BCUT2D eigenvalue weighted by atomic mass is 9.99. The first-order valence-corrected chi connectivity index (χ1v) is 7.52. The van der Waals surface area contributed by atoms with Crippen molar-refractivity contribution in [1.82, 2.24) is 5.32 Å². The molecule has 2 rings (SSSR count).